The van der Waals surface area contributed by atoms with Gasteiger partial charge in [0.25, 0.3) is 11.5 Å². The molecule has 29 heavy (non-hydrogen) atoms. The third-order valence-electron chi connectivity index (χ3n) is 5.27. The zero-order valence-electron chi connectivity index (χ0n) is 16.2. The van der Waals surface area contributed by atoms with Crippen molar-refractivity contribution in [2.45, 2.75) is 39.2 Å². The second kappa shape index (κ2) is 8.08. The van der Waals surface area contributed by atoms with Gasteiger partial charge < -0.3 is 0 Å². The molecule has 0 aliphatic heterocycles. The van der Waals surface area contributed by atoms with Gasteiger partial charge in [0.1, 0.15) is 10.9 Å². The number of carbonyl (C=O) groups is 1. The van der Waals surface area contributed by atoms with Crippen LogP contribution < -0.4 is 11.0 Å². The average Bonchev–Trinajstić information content (AvgIpc) is 3.06. The van der Waals surface area contributed by atoms with Gasteiger partial charge in [-0.3, -0.25) is 14.2 Å². The Kier molecular flexibility index (Phi) is 5.52. The predicted octanol–water partition coefficient (Wildman–Crippen LogP) is 3.95. The fourth-order valence-electron chi connectivity index (χ4n) is 3.60. The predicted molar refractivity (Wildman–Crippen MR) is 117 cm³/mol. The molecule has 6 nitrogen and oxygen atoms in total. The molecule has 0 spiro atoms. The van der Waals surface area contributed by atoms with Crippen molar-refractivity contribution in [3.05, 3.63) is 62.0 Å². The maximum absolute atomic E-state index is 13.1. The molecule has 2 heterocycles. The molecule has 1 amide bonds. The summed E-state index contributed by atoms with van der Waals surface area (Å²) in [6.45, 7) is 3.90. The minimum absolute atomic E-state index is 0.163. The van der Waals surface area contributed by atoms with E-state index >= 15 is 0 Å². The van der Waals surface area contributed by atoms with Gasteiger partial charge in [0.15, 0.2) is 0 Å². The number of fused-ring (bicyclic) bond motifs is 3. The van der Waals surface area contributed by atoms with Crippen molar-refractivity contribution in [3.63, 3.8) is 0 Å². The van der Waals surface area contributed by atoms with Crippen LogP contribution in [-0.2, 0) is 17.6 Å². The Morgan fingerprint density at radius 3 is 3.10 bits per heavy atom. The number of aromatic nitrogens is 2. The van der Waals surface area contributed by atoms with Gasteiger partial charge in [-0.05, 0) is 55.4 Å². The van der Waals surface area contributed by atoms with Crippen molar-refractivity contribution in [2.75, 3.05) is 0 Å². The third-order valence-corrected chi connectivity index (χ3v) is 6.67. The van der Waals surface area contributed by atoms with Gasteiger partial charge in [-0.15, -0.1) is 11.3 Å². The number of amides is 1. The molecule has 2 aromatic heterocycles. The third kappa shape index (κ3) is 3.97. The lowest BCUT2D eigenvalue weighted by atomic mass is 9.89. The van der Waals surface area contributed by atoms with Crippen molar-refractivity contribution < 1.29 is 4.79 Å². The number of hydrogen-bond donors (Lipinski definition) is 1. The standard InChI is InChI=1S/C21H21ClN4O2S/c1-12-6-7-16-17(8-12)29-20-18(16)21(28)26(11-23-20)13(2)19(27)25-24-10-14-4-3-5-15(22)9-14/h3-5,9-13H,6-8H2,1-2H3,(H,25,27)/t12-,13-/m1/s1. The van der Waals surface area contributed by atoms with Crippen LogP contribution >= 0.6 is 22.9 Å². The average molecular weight is 429 g/mol. The lowest BCUT2D eigenvalue weighted by molar-refractivity contribution is -0.123. The van der Waals surface area contributed by atoms with Crippen LogP contribution in [0.15, 0.2) is 40.5 Å². The number of aryl methyl sites for hydroxylation is 1. The number of thiophene rings is 1. The first-order chi connectivity index (χ1) is 13.9. The molecule has 1 aromatic carbocycles. The molecule has 0 unspecified atom stereocenters. The summed E-state index contributed by atoms with van der Waals surface area (Å²) in [6, 6.07) is 6.40. The summed E-state index contributed by atoms with van der Waals surface area (Å²) in [6.07, 6.45) is 5.92. The van der Waals surface area contributed by atoms with E-state index in [2.05, 4.69) is 22.4 Å². The summed E-state index contributed by atoms with van der Waals surface area (Å²) >= 11 is 7.54. The number of nitrogens with zero attached hydrogens (tertiary/aromatic N) is 3. The van der Waals surface area contributed by atoms with Crippen LogP contribution in [0.25, 0.3) is 10.2 Å². The van der Waals surface area contributed by atoms with Crippen LogP contribution in [0.2, 0.25) is 5.02 Å². The first-order valence-electron chi connectivity index (χ1n) is 9.54. The van der Waals surface area contributed by atoms with Crippen molar-refractivity contribution in [3.8, 4) is 0 Å². The van der Waals surface area contributed by atoms with E-state index < -0.39 is 6.04 Å². The van der Waals surface area contributed by atoms with E-state index in [9.17, 15) is 9.59 Å². The summed E-state index contributed by atoms with van der Waals surface area (Å²) in [5.74, 6) is 0.240. The molecule has 1 N–H and O–H groups in total. The number of benzene rings is 1. The summed E-state index contributed by atoms with van der Waals surface area (Å²) in [5, 5.41) is 5.23. The molecule has 3 aromatic rings. The minimum Gasteiger partial charge on any atom is -0.286 e. The van der Waals surface area contributed by atoms with E-state index in [0.29, 0.717) is 16.3 Å². The maximum atomic E-state index is 13.1. The Hall–Kier alpha value is -2.51. The van der Waals surface area contributed by atoms with Crippen molar-refractivity contribution >= 4 is 45.3 Å². The molecule has 8 heteroatoms. The Labute approximate surface area is 177 Å². The quantitative estimate of drug-likeness (QED) is 0.505. The molecule has 0 bridgehead atoms. The van der Waals surface area contributed by atoms with Crippen molar-refractivity contribution in [1.82, 2.24) is 15.0 Å². The van der Waals surface area contributed by atoms with Crippen LogP contribution in [0.5, 0.6) is 0 Å². The van der Waals surface area contributed by atoms with E-state index in [0.717, 1.165) is 35.2 Å². The molecule has 0 fully saturated rings. The van der Waals surface area contributed by atoms with Crippen LogP contribution in [0.3, 0.4) is 0 Å². The van der Waals surface area contributed by atoms with Gasteiger partial charge in [0.05, 0.1) is 17.9 Å². The van der Waals surface area contributed by atoms with Crippen molar-refractivity contribution in [1.29, 1.82) is 0 Å². The lowest BCUT2D eigenvalue weighted by Gasteiger charge is -2.18. The summed E-state index contributed by atoms with van der Waals surface area (Å²) in [5.41, 5.74) is 4.21. The van der Waals surface area contributed by atoms with Crippen LogP contribution in [0.4, 0.5) is 0 Å². The molecular formula is C21H21ClN4O2S. The second-order valence-corrected chi connectivity index (χ2v) is 8.97. The number of hydrogen-bond acceptors (Lipinski definition) is 5. The van der Waals surface area contributed by atoms with Gasteiger partial charge in [0, 0.05) is 9.90 Å². The molecule has 0 saturated carbocycles. The largest absolute Gasteiger partial charge is 0.286 e. The second-order valence-electron chi connectivity index (χ2n) is 7.45. The highest BCUT2D eigenvalue weighted by molar-refractivity contribution is 7.18. The van der Waals surface area contributed by atoms with E-state index in [1.165, 1.54) is 22.0 Å². The maximum Gasteiger partial charge on any atom is 0.263 e. The van der Waals surface area contributed by atoms with Crippen LogP contribution in [-0.4, -0.2) is 21.7 Å². The molecule has 0 saturated heterocycles. The number of hydrazone groups is 1. The summed E-state index contributed by atoms with van der Waals surface area (Å²) in [4.78, 5) is 32.1. The highest BCUT2D eigenvalue weighted by atomic mass is 35.5. The van der Waals surface area contributed by atoms with Gasteiger partial charge >= 0.3 is 0 Å². The Balaban J connectivity index is 1.56. The molecule has 2 atom stereocenters. The van der Waals surface area contributed by atoms with E-state index in [1.807, 2.05) is 6.07 Å². The lowest BCUT2D eigenvalue weighted by Crippen LogP contribution is -2.34. The molecule has 1 aliphatic carbocycles. The minimum atomic E-state index is -0.728. The number of nitrogens with one attached hydrogen (secondary N) is 1. The first-order valence-corrected chi connectivity index (χ1v) is 10.7. The summed E-state index contributed by atoms with van der Waals surface area (Å²) < 4.78 is 1.39. The van der Waals surface area contributed by atoms with Gasteiger partial charge in [-0.1, -0.05) is 30.7 Å². The van der Waals surface area contributed by atoms with Crippen molar-refractivity contribution in [2.24, 2.45) is 11.0 Å². The number of halogens is 1. The number of rotatable bonds is 4. The van der Waals surface area contributed by atoms with Crippen LogP contribution in [0, 0.1) is 5.92 Å². The Bertz CT molecular complexity index is 1170. The Morgan fingerprint density at radius 1 is 1.48 bits per heavy atom. The van der Waals surface area contributed by atoms with E-state index in [-0.39, 0.29) is 11.5 Å². The Morgan fingerprint density at radius 2 is 2.31 bits per heavy atom. The normalized spacial score (nSPS) is 17.4. The molecule has 0 radical (unpaired) electrons. The highest BCUT2D eigenvalue weighted by Gasteiger charge is 2.25. The zero-order valence-corrected chi connectivity index (χ0v) is 17.8. The van der Waals surface area contributed by atoms with Gasteiger partial charge in [-0.2, -0.15) is 5.10 Å². The molecular weight excluding hydrogens is 408 g/mol. The van der Waals surface area contributed by atoms with Gasteiger partial charge in [0.2, 0.25) is 0 Å². The SMILES string of the molecule is C[C@@H]1CCc2c(sc3ncn([C@H](C)C(=O)NN=Cc4cccc(Cl)c4)c(=O)c23)C1. The van der Waals surface area contributed by atoms with E-state index in [4.69, 9.17) is 11.6 Å². The fraction of sp³-hybridized carbons (Fsp3) is 0.333. The topological polar surface area (TPSA) is 76.3 Å². The zero-order chi connectivity index (χ0) is 20.5. The molecule has 4 rings (SSSR count). The van der Waals surface area contributed by atoms with Gasteiger partial charge in [-0.25, -0.2) is 10.4 Å². The molecule has 150 valence electrons. The number of carbonyl (C=O) groups excluding carboxylic acids is 1. The van der Waals surface area contributed by atoms with Crippen LogP contribution in [0.1, 0.15) is 42.3 Å². The molecule has 1 aliphatic rings. The fourth-order valence-corrected chi connectivity index (χ4v) is 5.14. The summed E-state index contributed by atoms with van der Waals surface area (Å²) in [7, 11) is 0. The highest BCUT2D eigenvalue weighted by Crippen LogP contribution is 2.35. The monoisotopic (exact) mass is 428 g/mol. The smallest absolute Gasteiger partial charge is 0.263 e. The van der Waals surface area contributed by atoms with E-state index in [1.54, 1.807) is 36.5 Å². The first kappa shape index (κ1) is 19.8.